The molecule has 2 N–H and O–H groups in total. The van der Waals surface area contributed by atoms with Crippen LogP contribution in [-0.4, -0.2) is 17.4 Å². The number of benzene rings is 1. The zero-order valence-electron chi connectivity index (χ0n) is 10.8. The second-order valence-corrected chi connectivity index (χ2v) is 5.21. The van der Waals surface area contributed by atoms with Crippen LogP contribution in [0.2, 0.25) is 5.02 Å². The van der Waals surface area contributed by atoms with Crippen LogP contribution in [0.5, 0.6) is 0 Å². The SMILES string of the molecule is Nc1ccc2c(c1)CCCN2C(=O)c1ccncc1Cl. The van der Waals surface area contributed by atoms with Gasteiger partial charge in [0.1, 0.15) is 0 Å². The molecule has 0 atom stereocenters. The molecule has 0 saturated carbocycles. The van der Waals surface area contributed by atoms with E-state index in [1.54, 1.807) is 17.2 Å². The summed E-state index contributed by atoms with van der Waals surface area (Å²) in [6.07, 6.45) is 4.93. The predicted molar refractivity (Wildman–Crippen MR) is 80.1 cm³/mol. The summed E-state index contributed by atoms with van der Waals surface area (Å²) in [6, 6.07) is 7.30. The topological polar surface area (TPSA) is 59.2 Å². The number of nitrogen functional groups attached to an aromatic ring is 1. The number of amides is 1. The van der Waals surface area contributed by atoms with E-state index in [0.29, 0.717) is 17.1 Å². The summed E-state index contributed by atoms with van der Waals surface area (Å²) < 4.78 is 0. The Bertz CT molecular complexity index is 672. The number of hydrogen-bond donors (Lipinski definition) is 1. The molecular weight excluding hydrogens is 274 g/mol. The van der Waals surface area contributed by atoms with Crippen LogP contribution in [0.3, 0.4) is 0 Å². The monoisotopic (exact) mass is 287 g/mol. The van der Waals surface area contributed by atoms with E-state index in [4.69, 9.17) is 17.3 Å². The molecule has 2 aromatic rings. The Hall–Kier alpha value is -2.07. The Labute approximate surface area is 122 Å². The zero-order valence-corrected chi connectivity index (χ0v) is 11.6. The Balaban J connectivity index is 2.01. The van der Waals surface area contributed by atoms with Crippen LogP contribution in [0.1, 0.15) is 22.3 Å². The van der Waals surface area contributed by atoms with Gasteiger partial charge in [0, 0.05) is 30.3 Å². The Morgan fingerprint density at radius 2 is 2.20 bits per heavy atom. The number of fused-ring (bicyclic) bond motifs is 1. The fourth-order valence-electron chi connectivity index (χ4n) is 2.52. The molecule has 0 spiro atoms. The van der Waals surface area contributed by atoms with Gasteiger partial charge in [0.15, 0.2) is 0 Å². The maximum Gasteiger partial charge on any atom is 0.259 e. The van der Waals surface area contributed by atoms with E-state index in [1.807, 2.05) is 18.2 Å². The average Bonchev–Trinajstić information content (AvgIpc) is 2.46. The first-order valence-electron chi connectivity index (χ1n) is 6.46. The molecule has 1 aliphatic heterocycles. The number of anilines is 2. The van der Waals surface area contributed by atoms with Gasteiger partial charge in [-0.2, -0.15) is 0 Å². The van der Waals surface area contributed by atoms with Crippen molar-refractivity contribution >= 4 is 28.9 Å². The van der Waals surface area contributed by atoms with Gasteiger partial charge >= 0.3 is 0 Å². The lowest BCUT2D eigenvalue weighted by atomic mass is 10.00. The molecule has 0 saturated heterocycles. The first kappa shape index (κ1) is 12.9. The van der Waals surface area contributed by atoms with Crippen molar-refractivity contribution in [2.75, 3.05) is 17.2 Å². The van der Waals surface area contributed by atoms with E-state index in [2.05, 4.69) is 4.98 Å². The lowest BCUT2D eigenvalue weighted by molar-refractivity contribution is 0.0985. The van der Waals surface area contributed by atoms with E-state index in [-0.39, 0.29) is 5.91 Å². The molecule has 0 aliphatic carbocycles. The van der Waals surface area contributed by atoms with Gasteiger partial charge in [-0.3, -0.25) is 9.78 Å². The molecule has 1 aliphatic rings. The number of halogens is 1. The second kappa shape index (κ2) is 5.13. The van der Waals surface area contributed by atoms with Crippen LogP contribution in [0.25, 0.3) is 0 Å². The molecule has 1 aromatic carbocycles. The molecule has 2 heterocycles. The van der Waals surface area contributed by atoms with E-state index in [9.17, 15) is 4.79 Å². The van der Waals surface area contributed by atoms with E-state index >= 15 is 0 Å². The minimum Gasteiger partial charge on any atom is -0.399 e. The Kier molecular flexibility index (Phi) is 3.32. The molecule has 0 bridgehead atoms. The minimum atomic E-state index is -0.0943. The minimum absolute atomic E-state index is 0.0943. The number of rotatable bonds is 1. The van der Waals surface area contributed by atoms with Crippen molar-refractivity contribution in [3.8, 4) is 0 Å². The first-order valence-corrected chi connectivity index (χ1v) is 6.84. The van der Waals surface area contributed by atoms with E-state index < -0.39 is 0 Å². The highest BCUT2D eigenvalue weighted by Gasteiger charge is 2.24. The fourth-order valence-corrected chi connectivity index (χ4v) is 2.72. The van der Waals surface area contributed by atoms with Crippen molar-refractivity contribution in [1.82, 2.24) is 4.98 Å². The smallest absolute Gasteiger partial charge is 0.259 e. The summed E-state index contributed by atoms with van der Waals surface area (Å²) in [5, 5.41) is 0.375. The average molecular weight is 288 g/mol. The summed E-state index contributed by atoms with van der Waals surface area (Å²) >= 11 is 6.06. The van der Waals surface area contributed by atoms with Gasteiger partial charge in [0.05, 0.1) is 10.6 Å². The number of carbonyl (C=O) groups excluding carboxylic acids is 1. The van der Waals surface area contributed by atoms with Gasteiger partial charge in [-0.05, 0) is 42.7 Å². The summed E-state index contributed by atoms with van der Waals surface area (Å²) in [6.45, 7) is 0.689. The van der Waals surface area contributed by atoms with Crippen LogP contribution in [0.15, 0.2) is 36.7 Å². The number of carbonyl (C=O) groups is 1. The van der Waals surface area contributed by atoms with Crippen molar-refractivity contribution in [1.29, 1.82) is 0 Å². The van der Waals surface area contributed by atoms with Crippen LogP contribution in [0.4, 0.5) is 11.4 Å². The number of hydrogen-bond acceptors (Lipinski definition) is 3. The molecule has 3 rings (SSSR count). The number of nitrogens with zero attached hydrogens (tertiary/aromatic N) is 2. The van der Waals surface area contributed by atoms with E-state index in [1.165, 1.54) is 6.20 Å². The molecule has 0 radical (unpaired) electrons. The molecule has 0 fully saturated rings. The molecule has 20 heavy (non-hydrogen) atoms. The van der Waals surface area contributed by atoms with Crippen LogP contribution >= 0.6 is 11.6 Å². The lowest BCUT2D eigenvalue weighted by Gasteiger charge is -2.30. The van der Waals surface area contributed by atoms with Gasteiger partial charge in [-0.1, -0.05) is 11.6 Å². The van der Waals surface area contributed by atoms with Crippen LogP contribution in [-0.2, 0) is 6.42 Å². The largest absolute Gasteiger partial charge is 0.399 e. The Morgan fingerprint density at radius 1 is 1.35 bits per heavy atom. The third kappa shape index (κ3) is 2.23. The number of pyridine rings is 1. The molecule has 4 nitrogen and oxygen atoms in total. The molecule has 1 aromatic heterocycles. The zero-order chi connectivity index (χ0) is 14.1. The highest BCUT2D eigenvalue weighted by molar-refractivity contribution is 6.34. The van der Waals surface area contributed by atoms with Crippen molar-refractivity contribution in [3.05, 3.63) is 52.8 Å². The predicted octanol–water partition coefficient (Wildman–Crippen LogP) is 2.91. The second-order valence-electron chi connectivity index (χ2n) is 4.80. The van der Waals surface area contributed by atoms with Gasteiger partial charge in [0.25, 0.3) is 5.91 Å². The molecule has 0 unspecified atom stereocenters. The normalized spacial score (nSPS) is 13.9. The third-order valence-electron chi connectivity index (χ3n) is 3.47. The summed E-state index contributed by atoms with van der Waals surface area (Å²) in [7, 11) is 0. The standard InChI is InChI=1S/C15H14ClN3O/c16-13-9-18-6-5-12(13)15(20)19-7-1-2-10-8-11(17)3-4-14(10)19/h3-6,8-9H,1-2,7,17H2. The summed E-state index contributed by atoms with van der Waals surface area (Å²) in [5.41, 5.74) is 9.03. The molecule has 102 valence electrons. The van der Waals surface area contributed by atoms with Gasteiger partial charge in [-0.25, -0.2) is 0 Å². The first-order chi connectivity index (χ1) is 9.66. The van der Waals surface area contributed by atoms with Crippen molar-refractivity contribution in [3.63, 3.8) is 0 Å². The van der Waals surface area contributed by atoms with Gasteiger partial charge in [-0.15, -0.1) is 0 Å². The van der Waals surface area contributed by atoms with Gasteiger partial charge in [0.2, 0.25) is 0 Å². The van der Waals surface area contributed by atoms with E-state index in [0.717, 1.165) is 29.8 Å². The number of aryl methyl sites for hydroxylation is 1. The number of nitrogens with two attached hydrogens (primary N) is 1. The lowest BCUT2D eigenvalue weighted by Crippen LogP contribution is -2.35. The van der Waals surface area contributed by atoms with Gasteiger partial charge < -0.3 is 10.6 Å². The molecule has 1 amide bonds. The fraction of sp³-hybridized carbons (Fsp3) is 0.200. The highest BCUT2D eigenvalue weighted by atomic mass is 35.5. The van der Waals surface area contributed by atoms with Crippen molar-refractivity contribution in [2.45, 2.75) is 12.8 Å². The molecule has 5 heteroatoms. The Morgan fingerprint density at radius 3 is 3.00 bits per heavy atom. The number of aromatic nitrogens is 1. The van der Waals surface area contributed by atoms with Crippen LogP contribution in [0, 0.1) is 0 Å². The summed E-state index contributed by atoms with van der Waals surface area (Å²) in [5.74, 6) is -0.0943. The van der Waals surface area contributed by atoms with Crippen LogP contribution < -0.4 is 10.6 Å². The van der Waals surface area contributed by atoms with Crippen molar-refractivity contribution in [2.24, 2.45) is 0 Å². The maximum absolute atomic E-state index is 12.7. The quantitative estimate of drug-likeness (QED) is 0.821. The molecular formula is C15H14ClN3O. The summed E-state index contributed by atoms with van der Waals surface area (Å²) in [4.78, 5) is 18.3. The highest BCUT2D eigenvalue weighted by Crippen LogP contribution is 2.30. The van der Waals surface area contributed by atoms with Crippen molar-refractivity contribution < 1.29 is 4.79 Å². The third-order valence-corrected chi connectivity index (χ3v) is 3.77. The maximum atomic E-state index is 12.7.